The van der Waals surface area contributed by atoms with Gasteiger partial charge in [0.2, 0.25) is 5.91 Å². The molecule has 0 unspecified atom stereocenters. The van der Waals surface area contributed by atoms with E-state index in [1.807, 2.05) is 30.5 Å². The van der Waals surface area contributed by atoms with Gasteiger partial charge < -0.3 is 9.88 Å². The van der Waals surface area contributed by atoms with Crippen molar-refractivity contribution in [2.24, 2.45) is 0 Å². The summed E-state index contributed by atoms with van der Waals surface area (Å²) in [4.78, 5) is 16.1. The van der Waals surface area contributed by atoms with Crippen LogP contribution >= 0.6 is 15.9 Å². The van der Waals surface area contributed by atoms with E-state index >= 15 is 0 Å². The number of nitrogens with zero attached hydrogens (tertiary/aromatic N) is 2. The summed E-state index contributed by atoms with van der Waals surface area (Å²) in [6.07, 6.45) is 4.20. The third-order valence-electron chi connectivity index (χ3n) is 3.51. The molecule has 5 heteroatoms. The number of hydrogen-bond donors (Lipinski definition) is 1. The number of aryl methyl sites for hydroxylation is 1. The van der Waals surface area contributed by atoms with E-state index in [1.54, 1.807) is 6.20 Å². The van der Waals surface area contributed by atoms with Crippen LogP contribution in [0.25, 0.3) is 10.9 Å². The van der Waals surface area contributed by atoms with Gasteiger partial charge in [0.15, 0.2) is 0 Å². The zero-order valence-electron chi connectivity index (χ0n) is 12.0. The lowest BCUT2D eigenvalue weighted by Gasteiger charge is -2.07. The number of pyridine rings is 1. The van der Waals surface area contributed by atoms with E-state index in [0.717, 1.165) is 15.7 Å². The molecule has 0 aliphatic rings. The summed E-state index contributed by atoms with van der Waals surface area (Å²) in [5, 5.41) is 4.07. The van der Waals surface area contributed by atoms with Crippen LogP contribution in [0.2, 0.25) is 0 Å². The predicted octanol–water partition coefficient (Wildman–Crippen LogP) is 3.51. The Morgan fingerprint density at radius 3 is 2.95 bits per heavy atom. The molecule has 1 aromatic carbocycles. The average molecular weight is 358 g/mol. The molecule has 0 saturated carbocycles. The molecule has 0 radical (unpaired) electrons. The summed E-state index contributed by atoms with van der Waals surface area (Å²) in [6.45, 7) is 1.14. The van der Waals surface area contributed by atoms with Crippen LogP contribution in [-0.2, 0) is 17.9 Å². The molecule has 0 aliphatic heterocycles. The topological polar surface area (TPSA) is 46.9 Å². The molecule has 3 rings (SSSR count). The van der Waals surface area contributed by atoms with Crippen molar-refractivity contribution in [2.45, 2.75) is 19.5 Å². The Labute approximate surface area is 137 Å². The molecule has 1 amide bonds. The third kappa shape index (κ3) is 3.54. The Bertz CT molecular complexity index is 783. The highest BCUT2D eigenvalue weighted by atomic mass is 79.9. The SMILES string of the molecule is O=C(CCn1ccc2cc(Br)ccc21)NCc1ccccn1. The second kappa shape index (κ2) is 6.75. The van der Waals surface area contributed by atoms with Gasteiger partial charge in [0.25, 0.3) is 0 Å². The maximum atomic E-state index is 11.9. The molecular weight excluding hydrogens is 342 g/mol. The largest absolute Gasteiger partial charge is 0.350 e. The molecule has 3 aromatic rings. The summed E-state index contributed by atoms with van der Waals surface area (Å²) >= 11 is 3.47. The first-order chi connectivity index (χ1) is 10.7. The summed E-state index contributed by atoms with van der Waals surface area (Å²) in [5.41, 5.74) is 2.01. The van der Waals surface area contributed by atoms with E-state index in [-0.39, 0.29) is 5.91 Å². The highest BCUT2D eigenvalue weighted by molar-refractivity contribution is 9.10. The predicted molar refractivity (Wildman–Crippen MR) is 90.3 cm³/mol. The summed E-state index contributed by atoms with van der Waals surface area (Å²) in [5.74, 6) is 0.0321. The van der Waals surface area contributed by atoms with Gasteiger partial charge in [-0.15, -0.1) is 0 Å². The lowest BCUT2D eigenvalue weighted by Crippen LogP contribution is -2.24. The second-order valence-electron chi connectivity index (χ2n) is 5.06. The Hall–Kier alpha value is -2.14. The van der Waals surface area contributed by atoms with Gasteiger partial charge in [-0.3, -0.25) is 9.78 Å². The number of fused-ring (bicyclic) bond motifs is 1. The number of benzene rings is 1. The number of rotatable bonds is 5. The fourth-order valence-electron chi connectivity index (χ4n) is 2.37. The number of amides is 1. The molecule has 2 heterocycles. The normalized spacial score (nSPS) is 10.8. The van der Waals surface area contributed by atoms with Crippen LogP contribution in [0.1, 0.15) is 12.1 Å². The maximum absolute atomic E-state index is 11.9. The molecule has 0 atom stereocenters. The molecule has 112 valence electrons. The van der Waals surface area contributed by atoms with Gasteiger partial charge in [-0.05, 0) is 36.4 Å². The molecule has 0 bridgehead atoms. The van der Waals surface area contributed by atoms with Gasteiger partial charge in [0.1, 0.15) is 0 Å². The van der Waals surface area contributed by atoms with E-state index in [2.05, 4.69) is 49.0 Å². The monoisotopic (exact) mass is 357 g/mol. The number of carbonyl (C=O) groups excluding carboxylic acids is 1. The van der Waals surface area contributed by atoms with Gasteiger partial charge in [-0.2, -0.15) is 0 Å². The van der Waals surface area contributed by atoms with Crippen LogP contribution in [0, 0.1) is 0 Å². The van der Waals surface area contributed by atoms with Crippen molar-refractivity contribution in [1.29, 1.82) is 0 Å². The molecule has 0 saturated heterocycles. The molecular formula is C17H16BrN3O. The maximum Gasteiger partial charge on any atom is 0.222 e. The Morgan fingerprint density at radius 2 is 2.14 bits per heavy atom. The van der Waals surface area contributed by atoms with Crippen molar-refractivity contribution < 1.29 is 4.79 Å². The van der Waals surface area contributed by atoms with Gasteiger partial charge >= 0.3 is 0 Å². The number of nitrogens with one attached hydrogen (secondary N) is 1. The lowest BCUT2D eigenvalue weighted by molar-refractivity contribution is -0.121. The molecule has 4 nitrogen and oxygen atoms in total. The third-order valence-corrected chi connectivity index (χ3v) is 4.00. The van der Waals surface area contributed by atoms with Crippen LogP contribution in [0.5, 0.6) is 0 Å². The molecule has 0 aliphatic carbocycles. The summed E-state index contributed by atoms with van der Waals surface area (Å²) < 4.78 is 3.16. The summed E-state index contributed by atoms with van der Waals surface area (Å²) in [7, 11) is 0. The zero-order valence-corrected chi connectivity index (χ0v) is 13.6. The van der Waals surface area contributed by atoms with Gasteiger partial charge in [0, 0.05) is 40.7 Å². The first kappa shape index (κ1) is 14.8. The van der Waals surface area contributed by atoms with Crippen LogP contribution < -0.4 is 5.32 Å². The Balaban J connectivity index is 1.56. The molecule has 1 N–H and O–H groups in total. The number of aromatic nitrogens is 2. The first-order valence-electron chi connectivity index (χ1n) is 7.13. The van der Waals surface area contributed by atoms with E-state index in [9.17, 15) is 4.79 Å². The highest BCUT2D eigenvalue weighted by Gasteiger charge is 2.05. The quantitative estimate of drug-likeness (QED) is 0.759. The van der Waals surface area contributed by atoms with E-state index in [0.29, 0.717) is 19.5 Å². The van der Waals surface area contributed by atoms with Crippen molar-refractivity contribution in [3.8, 4) is 0 Å². The molecule has 0 fully saturated rings. The fraction of sp³-hybridized carbons (Fsp3) is 0.176. The number of carbonyl (C=O) groups is 1. The second-order valence-corrected chi connectivity index (χ2v) is 5.98. The Kier molecular flexibility index (Phi) is 4.53. The number of hydrogen-bond acceptors (Lipinski definition) is 2. The molecule has 2 aromatic heterocycles. The van der Waals surface area contributed by atoms with Crippen molar-refractivity contribution in [3.63, 3.8) is 0 Å². The Morgan fingerprint density at radius 1 is 1.23 bits per heavy atom. The van der Waals surface area contributed by atoms with E-state index in [4.69, 9.17) is 0 Å². The van der Waals surface area contributed by atoms with Crippen molar-refractivity contribution >= 4 is 32.7 Å². The smallest absolute Gasteiger partial charge is 0.222 e. The minimum Gasteiger partial charge on any atom is -0.350 e. The van der Waals surface area contributed by atoms with Crippen LogP contribution in [-0.4, -0.2) is 15.5 Å². The van der Waals surface area contributed by atoms with Crippen LogP contribution in [0.15, 0.2) is 59.3 Å². The molecule has 0 spiro atoms. The van der Waals surface area contributed by atoms with Crippen molar-refractivity contribution in [2.75, 3.05) is 0 Å². The van der Waals surface area contributed by atoms with Crippen LogP contribution in [0.3, 0.4) is 0 Å². The zero-order chi connectivity index (χ0) is 15.4. The minimum atomic E-state index is 0.0321. The van der Waals surface area contributed by atoms with Gasteiger partial charge in [-0.1, -0.05) is 22.0 Å². The van der Waals surface area contributed by atoms with Crippen molar-refractivity contribution in [1.82, 2.24) is 14.9 Å². The fourth-order valence-corrected chi connectivity index (χ4v) is 2.75. The van der Waals surface area contributed by atoms with Gasteiger partial charge in [0.05, 0.1) is 12.2 Å². The van der Waals surface area contributed by atoms with E-state index in [1.165, 1.54) is 5.39 Å². The van der Waals surface area contributed by atoms with Crippen molar-refractivity contribution in [3.05, 3.63) is 65.0 Å². The standard InChI is InChI=1S/C17H16BrN3O/c18-14-4-5-16-13(11-14)6-9-21(16)10-7-17(22)20-12-15-3-1-2-8-19-15/h1-6,8-9,11H,7,10,12H2,(H,20,22). The van der Waals surface area contributed by atoms with E-state index < -0.39 is 0 Å². The van der Waals surface area contributed by atoms with Gasteiger partial charge in [-0.25, -0.2) is 0 Å². The first-order valence-corrected chi connectivity index (χ1v) is 7.93. The highest BCUT2D eigenvalue weighted by Crippen LogP contribution is 2.21. The average Bonchev–Trinajstić information content (AvgIpc) is 2.94. The lowest BCUT2D eigenvalue weighted by atomic mass is 10.2. The minimum absolute atomic E-state index is 0.0321. The van der Waals surface area contributed by atoms with Crippen LogP contribution in [0.4, 0.5) is 0 Å². The molecule has 22 heavy (non-hydrogen) atoms. The number of halogens is 1. The summed E-state index contributed by atoms with van der Waals surface area (Å²) in [6, 6.07) is 13.9.